The molecule has 2 aromatic rings. The Hall–Kier alpha value is -2.36. The quantitative estimate of drug-likeness (QED) is 0.877. The summed E-state index contributed by atoms with van der Waals surface area (Å²) in [6.07, 6.45) is 1.50. The summed E-state index contributed by atoms with van der Waals surface area (Å²) < 4.78 is 11.0. The lowest BCUT2D eigenvalue weighted by molar-refractivity contribution is 0.0598. The zero-order chi connectivity index (χ0) is 16.9. The van der Waals surface area contributed by atoms with Crippen LogP contribution in [0.5, 0.6) is 5.75 Å². The molecule has 1 fully saturated rings. The highest BCUT2D eigenvalue weighted by molar-refractivity contribution is 5.34. The van der Waals surface area contributed by atoms with Gasteiger partial charge in [-0.2, -0.15) is 5.26 Å². The van der Waals surface area contributed by atoms with Gasteiger partial charge in [0.15, 0.2) is 5.76 Å². The standard InChI is InChI=1S/C18H21N3O3/c1-13-9-18(24-20-13)17-3-2-8-21(17)11-15(22)12-23-16-6-4-14(10-19)5-7-16/h4-7,9,15,17,22H,2-3,8,11-12H2,1H3. The molecule has 3 rings (SSSR count). The Kier molecular flexibility index (Phi) is 5.14. The van der Waals surface area contributed by atoms with Crippen molar-refractivity contribution in [2.45, 2.75) is 31.9 Å². The van der Waals surface area contributed by atoms with E-state index in [1.54, 1.807) is 24.3 Å². The molecule has 1 aromatic heterocycles. The van der Waals surface area contributed by atoms with E-state index in [0.29, 0.717) is 17.9 Å². The molecular weight excluding hydrogens is 306 g/mol. The molecule has 2 atom stereocenters. The fraction of sp³-hybridized carbons (Fsp3) is 0.444. The van der Waals surface area contributed by atoms with Crippen LogP contribution in [0.1, 0.15) is 35.9 Å². The third kappa shape index (κ3) is 3.94. The Morgan fingerprint density at radius 1 is 1.46 bits per heavy atom. The summed E-state index contributed by atoms with van der Waals surface area (Å²) in [6.45, 7) is 3.58. The fourth-order valence-corrected chi connectivity index (χ4v) is 3.05. The number of hydrogen-bond donors (Lipinski definition) is 1. The van der Waals surface area contributed by atoms with Crippen molar-refractivity contribution in [3.05, 3.63) is 47.3 Å². The number of aromatic nitrogens is 1. The van der Waals surface area contributed by atoms with Crippen LogP contribution in [0.3, 0.4) is 0 Å². The monoisotopic (exact) mass is 327 g/mol. The summed E-state index contributed by atoms with van der Waals surface area (Å²) in [5, 5.41) is 23.0. The highest BCUT2D eigenvalue weighted by Gasteiger charge is 2.30. The lowest BCUT2D eigenvalue weighted by Crippen LogP contribution is -2.35. The Morgan fingerprint density at radius 2 is 2.25 bits per heavy atom. The second kappa shape index (κ2) is 7.47. The van der Waals surface area contributed by atoms with Gasteiger partial charge in [-0.05, 0) is 50.6 Å². The van der Waals surface area contributed by atoms with Crippen LogP contribution in [0.2, 0.25) is 0 Å². The molecule has 1 aliphatic rings. The number of benzene rings is 1. The molecular formula is C18H21N3O3. The van der Waals surface area contributed by atoms with Crippen molar-refractivity contribution in [2.24, 2.45) is 0 Å². The van der Waals surface area contributed by atoms with Crippen LogP contribution in [-0.2, 0) is 0 Å². The number of aliphatic hydroxyl groups is 1. The zero-order valence-corrected chi connectivity index (χ0v) is 13.7. The van der Waals surface area contributed by atoms with Crippen molar-refractivity contribution in [1.82, 2.24) is 10.1 Å². The van der Waals surface area contributed by atoms with E-state index in [2.05, 4.69) is 16.1 Å². The molecule has 24 heavy (non-hydrogen) atoms. The lowest BCUT2D eigenvalue weighted by Gasteiger charge is -2.25. The molecule has 1 aromatic carbocycles. The highest BCUT2D eigenvalue weighted by Crippen LogP contribution is 2.32. The largest absolute Gasteiger partial charge is 0.491 e. The van der Waals surface area contributed by atoms with Crippen molar-refractivity contribution in [3.8, 4) is 11.8 Å². The van der Waals surface area contributed by atoms with Crippen molar-refractivity contribution in [1.29, 1.82) is 5.26 Å². The molecule has 126 valence electrons. The topological polar surface area (TPSA) is 82.5 Å². The van der Waals surface area contributed by atoms with Crippen LogP contribution in [0, 0.1) is 18.3 Å². The van der Waals surface area contributed by atoms with Crippen LogP contribution >= 0.6 is 0 Å². The van der Waals surface area contributed by atoms with Gasteiger partial charge in [-0.3, -0.25) is 4.90 Å². The second-order valence-electron chi connectivity index (χ2n) is 6.12. The highest BCUT2D eigenvalue weighted by atomic mass is 16.5. The normalized spacial score (nSPS) is 19.1. The number of ether oxygens (including phenoxy) is 1. The number of nitriles is 1. The SMILES string of the molecule is Cc1cc(C2CCCN2CC(O)COc2ccc(C#N)cc2)on1. The Labute approximate surface area is 141 Å². The Balaban J connectivity index is 1.52. The van der Waals surface area contributed by atoms with E-state index in [-0.39, 0.29) is 12.6 Å². The molecule has 1 aliphatic heterocycles. The van der Waals surface area contributed by atoms with Gasteiger partial charge in [0.05, 0.1) is 23.4 Å². The zero-order valence-electron chi connectivity index (χ0n) is 13.7. The minimum Gasteiger partial charge on any atom is -0.491 e. The molecule has 2 unspecified atom stereocenters. The molecule has 0 spiro atoms. The molecule has 0 saturated carbocycles. The van der Waals surface area contributed by atoms with Crippen LogP contribution in [-0.4, -0.2) is 41.0 Å². The molecule has 1 N–H and O–H groups in total. The van der Waals surface area contributed by atoms with Gasteiger partial charge >= 0.3 is 0 Å². The van der Waals surface area contributed by atoms with E-state index in [1.165, 1.54) is 0 Å². The first kappa shape index (κ1) is 16.5. The van der Waals surface area contributed by atoms with Gasteiger partial charge in [-0.25, -0.2) is 0 Å². The average molecular weight is 327 g/mol. The fourth-order valence-electron chi connectivity index (χ4n) is 3.05. The maximum absolute atomic E-state index is 10.3. The van der Waals surface area contributed by atoms with E-state index in [4.69, 9.17) is 14.5 Å². The second-order valence-corrected chi connectivity index (χ2v) is 6.12. The average Bonchev–Trinajstić information content (AvgIpc) is 3.22. The van der Waals surface area contributed by atoms with Gasteiger partial charge < -0.3 is 14.4 Å². The van der Waals surface area contributed by atoms with Crippen molar-refractivity contribution >= 4 is 0 Å². The van der Waals surface area contributed by atoms with E-state index >= 15 is 0 Å². The van der Waals surface area contributed by atoms with E-state index < -0.39 is 6.10 Å². The number of β-amino-alcohol motifs (C(OH)–C–C–N with tert-alkyl or cyclic N) is 1. The van der Waals surface area contributed by atoms with Crippen molar-refractivity contribution in [2.75, 3.05) is 19.7 Å². The first-order chi connectivity index (χ1) is 11.7. The third-order valence-electron chi connectivity index (χ3n) is 4.21. The van der Waals surface area contributed by atoms with Gasteiger partial charge in [0, 0.05) is 12.6 Å². The van der Waals surface area contributed by atoms with Crippen LogP contribution in [0.4, 0.5) is 0 Å². The number of hydrogen-bond acceptors (Lipinski definition) is 6. The Bertz CT molecular complexity index is 705. The Morgan fingerprint density at radius 3 is 2.92 bits per heavy atom. The minimum absolute atomic E-state index is 0.177. The van der Waals surface area contributed by atoms with E-state index in [1.807, 2.05) is 13.0 Å². The third-order valence-corrected chi connectivity index (χ3v) is 4.21. The maximum atomic E-state index is 10.3. The van der Waals surface area contributed by atoms with Gasteiger partial charge in [-0.1, -0.05) is 5.16 Å². The summed E-state index contributed by atoms with van der Waals surface area (Å²) in [5.41, 5.74) is 1.46. The summed E-state index contributed by atoms with van der Waals surface area (Å²) in [4.78, 5) is 2.22. The van der Waals surface area contributed by atoms with Crippen LogP contribution in [0.15, 0.2) is 34.9 Å². The first-order valence-corrected chi connectivity index (χ1v) is 8.14. The van der Waals surface area contributed by atoms with E-state index in [9.17, 15) is 5.11 Å². The number of nitrogens with zero attached hydrogens (tertiary/aromatic N) is 3. The van der Waals surface area contributed by atoms with Crippen molar-refractivity contribution < 1.29 is 14.4 Å². The van der Waals surface area contributed by atoms with Crippen LogP contribution < -0.4 is 4.74 Å². The summed E-state index contributed by atoms with van der Waals surface area (Å²) in [5.74, 6) is 1.52. The molecule has 1 saturated heterocycles. The predicted molar refractivity (Wildman–Crippen MR) is 87.4 cm³/mol. The van der Waals surface area contributed by atoms with Crippen LogP contribution in [0.25, 0.3) is 0 Å². The smallest absolute Gasteiger partial charge is 0.154 e. The van der Waals surface area contributed by atoms with Crippen molar-refractivity contribution in [3.63, 3.8) is 0 Å². The lowest BCUT2D eigenvalue weighted by atomic mass is 10.1. The predicted octanol–water partition coefficient (Wildman–Crippen LogP) is 2.43. The van der Waals surface area contributed by atoms with Gasteiger partial charge in [0.1, 0.15) is 18.5 Å². The number of aryl methyl sites for hydroxylation is 1. The molecule has 0 amide bonds. The van der Waals surface area contributed by atoms with Gasteiger partial charge in [-0.15, -0.1) is 0 Å². The first-order valence-electron chi connectivity index (χ1n) is 8.14. The van der Waals surface area contributed by atoms with Gasteiger partial charge in [0.2, 0.25) is 0 Å². The molecule has 0 bridgehead atoms. The van der Waals surface area contributed by atoms with E-state index in [0.717, 1.165) is 30.8 Å². The van der Waals surface area contributed by atoms with Gasteiger partial charge in [0.25, 0.3) is 0 Å². The minimum atomic E-state index is -0.592. The number of aliphatic hydroxyl groups excluding tert-OH is 1. The maximum Gasteiger partial charge on any atom is 0.154 e. The number of rotatable bonds is 6. The number of likely N-dealkylation sites (tertiary alicyclic amines) is 1. The molecule has 6 nitrogen and oxygen atoms in total. The summed E-state index contributed by atoms with van der Waals surface area (Å²) >= 11 is 0. The molecule has 2 heterocycles. The molecule has 6 heteroatoms. The molecule has 0 radical (unpaired) electrons. The summed E-state index contributed by atoms with van der Waals surface area (Å²) in [7, 11) is 0. The summed E-state index contributed by atoms with van der Waals surface area (Å²) in [6, 6.07) is 11.1. The molecule has 0 aliphatic carbocycles.